The number of imidazole rings is 1. The molecule has 140 valence electrons. The molecule has 1 saturated carbocycles. The van der Waals surface area contributed by atoms with E-state index in [1.165, 1.54) is 15.5 Å². The molecule has 2 fully saturated rings. The maximum absolute atomic E-state index is 12.8. The van der Waals surface area contributed by atoms with Crippen molar-refractivity contribution in [3.8, 4) is 0 Å². The summed E-state index contributed by atoms with van der Waals surface area (Å²) in [5.74, 6) is 0.126. The van der Waals surface area contributed by atoms with E-state index in [0.717, 1.165) is 0 Å². The van der Waals surface area contributed by atoms with Crippen molar-refractivity contribution in [1.29, 1.82) is 0 Å². The normalized spacial score (nSPS) is 28.5. The van der Waals surface area contributed by atoms with E-state index < -0.39 is 11.8 Å². The number of aromatic nitrogens is 4. The lowest BCUT2D eigenvalue weighted by atomic mass is 9.76. The Labute approximate surface area is 148 Å². The lowest BCUT2D eigenvalue weighted by molar-refractivity contribution is 0.0437. The van der Waals surface area contributed by atoms with Crippen LogP contribution in [0.3, 0.4) is 0 Å². The maximum atomic E-state index is 12.8. The lowest BCUT2D eigenvalue weighted by Gasteiger charge is -2.38. The van der Waals surface area contributed by atoms with Crippen LogP contribution in [0.4, 0.5) is 4.79 Å². The zero-order chi connectivity index (χ0) is 18.6. The van der Waals surface area contributed by atoms with E-state index in [1.54, 1.807) is 18.7 Å². The first-order chi connectivity index (χ1) is 12.3. The molecular formula is C16H22N6O4. The molecule has 0 aromatic carbocycles. The number of aryl methyl sites for hydroxylation is 2. The minimum Gasteiger partial charge on any atom is -0.371 e. The number of rotatable bonds is 2. The topological polar surface area (TPSA) is 123 Å². The van der Waals surface area contributed by atoms with Gasteiger partial charge >= 0.3 is 11.7 Å². The van der Waals surface area contributed by atoms with Gasteiger partial charge in [0.15, 0.2) is 17.4 Å². The number of carbonyl (C=O) groups is 1. The summed E-state index contributed by atoms with van der Waals surface area (Å²) in [6, 6.07) is -0.359. The molecular weight excluding hydrogens is 340 g/mol. The Morgan fingerprint density at radius 2 is 1.96 bits per heavy atom. The highest BCUT2D eigenvalue weighted by Gasteiger charge is 2.47. The number of carbonyl (C=O) groups excluding carboxylic acids is 1. The molecule has 3 heterocycles. The van der Waals surface area contributed by atoms with Gasteiger partial charge in [-0.15, -0.1) is 0 Å². The van der Waals surface area contributed by atoms with Crippen LogP contribution in [-0.2, 0) is 20.6 Å². The number of hydrogen-bond donors (Lipinski definition) is 3. The average molecular weight is 362 g/mol. The fraction of sp³-hybridized carbons (Fsp3) is 0.625. The lowest BCUT2D eigenvalue weighted by Crippen LogP contribution is -2.52. The van der Waals surface area contributed by atoms with Crippen LogP contribution in [-0.4, -0.2) is 41.6 Å². The molecule has 0 radical (unpaired) electrons. The Morgan fingerprint density at radius 3 is 2.58 bits per heavy atom. The molecule has 1 aliphatic heterocycles. The Bertz CT molecular complexity index is 995. The first-order valence-electron chi connectivity index (χ1n) is 8.70. The molecule has 26 heavy (non-hydrogen) atoms. The van der Waals surface area contributed by atoms with Crippen molar-refractivity contribution in [2.24, 2.45) is 20.0 Å². The van der Waals surface area contributed by atoms with Crippen LogP contribution in [0.1, 0.15) is 25.7 Å². The Kier molecular flexibility index (Phi) is 3.69. The van der Waals surface area contributed by atoms with Crippen molar-refractivity contribution in [2.75, 3.05) is 0 Å². The standard InChI is InChI=1S/C16H22N6O4/c1-20-8-17-11-10(20)12(23)22(15(26)21(11)2)7-9-3-5-16(6-4-9)13(24)18-14(25)19-16/h8-9,13,24H,3-7H2,1-2H3,(H2,18,19,25). The molecule has 1 spiro atoms. The van der Waals surface area contributed by atoms with E-state index in [9.17, 15) is 19.5 Å². The molecule has 1 atom stereocenters. The zero-order valence-electron chi connectivity index (χ0n) is 14.7. The van der Waals surface area contributed by atoms with E-state index >= 15 is 0 Å². The van der Waals surface area contributed by atoms with Gasteiger partial charge in [-0.2, -0.15) is 0 Å². The van der Waals surface area contributed by atoms with E-state index in [0.29, 0.717) is 43.4 Å². The number of fused-ring (bicyclic) bond motifs is 1. The predicted octanol–water partition coefficient (Wildman–Crippen LogP) is -1.01. The highest BCUT2D eigenvalue weighted by atomic mass is 16.3. The van der Waals surface area contributed by atoms with Crippen LogP contribution >= 0.6 is 0 Å². The van der Waals surface area contributed by atoms with E-state index in [1.807, 2.05) is 0 Å². The summed E-state index contributed by atoms with van der Waals surface area (Å²) in [7, 11) is 3.34. The fourth-order valence-electron chi connectivity index (χ4n) is 4.18. The van der Waals surface area contributed by atoms with Gasteiger partial charge in [-0.1, -0.05) is 0 Å². The van der Waals surface area contributed by atoms with Crippen LogP contribution in [0.25, 0.3) is 11.2 Å². The second kappa shape index (κ2) is 5.70. The third-order valence-electron chi connectivity index (χ3n) is 5.79. The number of hydrogen-bond acceptors (Lipinski definition) is 5. The quantitative estimate of drug-likeness (QED) is 0.632. The first kappa shape index (κ1) is 16.8. The summed E-state index contributed by atoms with van der Waals surface area (Å²) < 4.78 is 4.29. The van der Waals surface area contributed by atoms with Crippen LogP contribution in [0.2, 0.25) is 0 Å². The molecule has 2 aliphatic rings. The molecule has 2 amide bonds. The van der Waals surface area contributed by atoms with Crippen molar-refractivity contribution < 1.29 is 9.90 Å². The number of nitrogens with zero attached hydrogens (tertiary/aromatic N) is 4. The summed E-state index contributed by atoms with van der Waals surface area (Å²) in [5, 5.41) is 15.4. The van der Waals surface area contributed by atoms with Crippen molar-refractivity contribution in [2.45, 2.75) is 44.0 Å². The van der Waals surface area contributed by atoms with Gasteiger partial charge in [0.1, 0.15) is 0 Å². The zero-order valence-corrected chi connectivity index (χ0v) is 14.7. The average Bonchev–Trinajstić information content (AvgIpc) is 3.11. The van der Waals surface area contributed by atoms with Gasteiger partial charge in [0.2, 0.25) is 0 Å². The molecule has 2 aromatic heterocycles. The van der Waals surface area contributed by atoms with E-state index in [4.69, 9.17) is 0 Å². The third-order valence-corrected chi connectivity index (χ3v) is 5.79. The first-order valence-corrected chi connectivity index (χ1v) is 8.70. The van der Waals surface area contributed by atoms with Crippen LogP contribution in [0.5, 0.6) is 0 Å². The Morgan fingerprint density at radius 1 is 1.27 bits per heavy atom. The molecule has 1 saturated heterocycles. The molecule has 0 bridgehead atoms. The summed E-state index contributed by atoms with van der Waals surface area (Å²) in [4.78, 5) is 41.0. The molecule has 4 rings (SSSR count). The van der Waals surface area contributed by atoms with E-state index in [-0.39, 0.29) is 23.2 Å². The minimum absolute atomic E-state index is 0.126. The summed E-state index contributed by atoms with van der Waals surface area (Å²) in [6.07, 6.45) is 3.23. The van der Waals surface area contributed by atoms with Gasteiger partial charge in [0, 0.05) is 20.6 Å². The summed E-state index contributed by atoms with van der Waals surface area (Å²) in [5.41, 5.74) is -0.571. The Hall–Kier alpha value is -2.62. The largest absolute Gasteiger partial charge is 0.371 e. The molecule has 10 nitrogen and oxygen atoms in total. The van der Waals surface area contributed by atoms with Crippen molar-refractivity contribution >= 4 is 17.2 Å². The third kappa shape index (κ3) is 2.36. The SMILES string of the molecule is Cn1cnc2c1c(=O)n(CC1CCC3(CC1)NC(=O)NC3O)c(=O)n2C. The van der Waals surface area contributed by atoms with Gasteiger partial charge in [-0.05, 0) is 31.6 Å². The highest BCUT2D eigenvalue weighted by molar-refractivity contribution is 5.78. The van der Waals surface area contributed by atoms with Crippen molar-refractivity contribution in [3.05, 3.63) is 27.2 Å². The Balaban J connectivity index is 1.60. The number of aliphatic hydroxyl groups is 1. The highest BCUT2D eigenvalue weighted by Crippen LogP contribution is 2.36. The molecule has 2 aromatic rings. The van der Waals surface area contributed by atoms with Crippen molar-refractivity contribution in [1.82, 2.24) is 29.3 Å². The number of nitrogens with one attached hydrogen (secondary N) is 2. The fourth-order valence-corrected chi connectivity index (χ4v) is 4.18. The van der Waals surface area contributed by atoms with Gasteiger partial charge in [-0.3, -0.25) is 13.9 Å². The number of urea groups is 1. The van der Waals surface area contributed by atoms with Crippen molar-refractivity contribution in [3.63, 3.8) is 0 Å². The summed E-state index contributed by atoms with van der Waals surface area (Å²) >= 11 is 0. The van der Waals surface area contributed by atoms with Crippen LogP contribution < -0.4 is 21.9 Å². The molecule has 1 aliphatic carbocycles. The smallest absolute Gasteiger partial charge is 0.332 e. The van der Waals surface area contributed by atoms with Gasteiger partial charge in [0.25, 0.3) is 5.56 Å². The van der Waals surface area contributed by atoms with Gasteiger partial charge < -0.3 is 20.3 Å². The van der Waals surface area contributed by atoms with E-state index in [2.05, 4.69) is 15.6 Å². The summed E-state index contributed by atoms with van der Waals surface area (Å²) in [6.45, 7) is 0.320. The monoisotopic (exact) mass is 362 g/mol. The molecule has 1 unspecified atom stereocenters. The van der Waals surface area contributed by atoms with Gasteiger partial charge in [0.05, 0.1) is 11.9 Å². The van der Waals surface area contributed by atoms with Crippen LogP contribution in [0.15, 0.2) is 15.9 Å². The second-order valence-corrected chi connectivity index (χ2v) is 7.39. The second-order valence-electron chi connectivity index (χ2n) is 7.39. The molecule has 10 heteroatoms. The van der Waals surface area contributed by atoms with Gasteiger partial charge in [-0.25, -0.2) is 14.6 Å². The number of aliphatic hydroxyl groups excluding tert-OH is 1. The maximum Gasteiger partial charge on any atom is 0.332 e. The van der Waals surface area contributed by atoms with Crippen LogP contribution in [0, 0.1) is 5.92 Å². The predicted molar refractivity (Wildman–Crippen MR) is 92.6 cm³/mol. The molecule has 3 N–H and O–H groups in total. The number of amides is 2. The minimum atomic E-state index is -0.905.